The maximum atomic E-state index is 10.8. The Labute approximate surface area is 123 Å². The Kier molecular flexibility index (Phi) is 6.22. The number of nitrogens with two attached hydrogens (primary N) is 1. The molecule has 0 aliphatic rings. The van der Waals surface area contributed by atoms with E-state index in [1.807, 2.05) is 20.8 Å². The van der Waals surface area contributed by atoms with Gasteiger partial charge in [-0.05, 0) is 17.0 Å². The molecule has 0 unspecified atom stereocenters. The number of aliphatic hydroxyl groups excluding tert-OH is 1. The predicted molar refractivity (Wildman–Crippen MR) is 77.7 cm³/mol. The van der Waals surface area contributed by atoms with Gasteiger partial charge in [-0.3, -0.25) is 10.1 Å². The fourth-order valence-corrected chi connectivity index (χ4v) is 1.78. The molecule has 0 heterocycles. The molecule has 0 spiro atoms. The number of benzene rings is 1. The molecule has 19 heavy (non-hydrogen) atoms. The monoisotopic (exact) mass is 308 g/mol. The third-order valence-corrected chi connectivity index (χ3v) is 3.10. The van der Waals surface area contributed by atoms with Crippen LogP contribution in [0.4, 0.5) is 5.69 Å². The van der Waals surface area contributed by atoms with Gasteiger partial charge in [-0.1, -0.05) is 38.4 Å². The molecule has 0 saturated carbocycles. The molecule has 108 valence electrons. The molecule has 0 aromatic heterocycles. The fourth-order valence-electron chi connectivity index (χ4n) is 1.60. The van der Waals surface area contributed by atoms with E-state index in [1.54, 1.807) is 6.07 Å². The standard InChI is InChI=1S/C12H17ClN2O3.ClH/c1-12(2,3)11(16)10(14)7-4-5-8(13)9(6-7)15(17)18;/h4-6,10-11,16H,14H2,1-3H3;1H/t10-,11-;/m1./s1. The van der Waals surface area contributed by atoms with E-state index in [-0.39, 0.29) is 23.1 Å². The lowest BCUT2D eigenvalue weighted by Gasteiger charge is -2.30. The Bertz CT molecular complexity index is 461. The van der Waals surface area contributed by atoms with Crippen molar-refractivity contribution in [3.05, 3.63) is 38.9 Å². The van der Waals surface area contributed by atoms with Gasteiger partial charge in [0.1, 0.15) is 5.02 Å². The van der Waals surface area contributed by atoms with Gasteiger partial charge in [0.2, 0.25) is 0 Å². The summed E-state index contributed by atoms with van der Waals surface area (Å²) in [6.07, 6.45) is -0.807. The molecule has 0 aliphatic carbocycles. The van der Waals surface area contributed by atoms with Crippen molar-refractivity contribution in [2.45, 2.75) is 32.9 Å². The van der Waals surface area contributed by atoms with Gasteiger partial charge in [-0.15, -0.1) is 12.4 Å². The van der Waals surface area contributed by atoms with Gasteiger partial charge in [-0.2, -0.15) is 0 Å². The average molecular weight is 309 g/mol. The highest BCUT2D eigenvalue weighted by Gasteiger charge is 2.30. The zero-order chi connectivity index (χ0) is 14.1. The molecule has 5 nitrogen and oxygen atoms in total. The number of nitro groups is 1. The molecule has 0 aliphatic heterocycles. The summed E-state index contributed by atoms with van der Waals surface area (Å²) in [5, 5.41) is 20.9. The number of aliphatic hydroxyl groups is 1. The van der Waals surface area contributed by atoms with Crippen LogP contribution in [-0.2, 0) is 0 Å². The quantitative estimate of drug-likeness (QED) is 0.663. The lowest BCUT2D eigenvalue weighted by Crippen LogP contribution is -2.36. The second kappa shape index (κ2) is 6.52. The zero-order valence-electron chi connectivity index (χ0n) is 11.0. The lowest BCUT2D eigenvalue weighted by molar-refractivity contribution is -0.384. The smallest absolute Gasteiger partial charge is 0.288 e. The molecule has 0 amide bonds. The van der Waals surface area contributed by atoms with Crippen molar-refractivity contribution < 1.29 is 10.0 Å². The van der Waals surface area contributed by atoms with E-state index in [1.165, 1.54) is 12.1 Å². The van der Waals surface area contributed by atoms with Gasteiger partial charge in [-0.25, -0.2) is 0 Å². The highest BCUT2D eigenvalue weighted by Crippen LogP contribution is 2.32. The molecule has 1 rings (SSSR count). The third kappa shape index (κ3) is 4.31. The summed E-state index contributed by atoms with van der Waals surface area (Å²) < 4.78 is 0. The van der Waals surface area contributed by atoms with Crippen molar-refractivity contribution in [1.82, 2.24) is 0 Å². The Morgan fingerprint density at radius 2 is 1.95 bits per heavy atom. The molecule has 2 atom stereocenters. The van der Waals surface area contributed by atoms with E-state index in [0.29, 0.717) is 5.56 Å². The van der Waals surface area contributed by atoms with E-state index >= 15 is 0 Å². The first-order valence-electron chi connectivity index (χ1n) is 5.52. The minimum atomic E-state index is -0.807. The van der Waals surface area contributed by atoms with Crippen LogP contribution in [0.3, 0.4) is 0 Å². The van der Waals surface area contributed by atoms with Crippen LogP contribution in [0, 0.1) is 15.5 Å². The first-order valence-corrected chi connectivity index (χ1v) is 5.90. The average Bonchev–Trinajstić information content (AvgIpc) is 2.26. The fraction of sp³-hybridized carbons (Fsp3) is 0.500. The SMILES string of the molecule is CC(C)(C)[C@H](O)[C@H](N)c1ccc(Cl)c([N+](=O)[O-])c1.Cl. The Morgan fingerprint density at radius 1 is 1.42 bits per heavy atom. The molecule has 7 heteroatoms. The molecule has 1 aromatic rings. The summed E-state index contributed by atoms with van der Waals surface area (Å²) in [6, 6.07) is 3.63. The van der Waals surface area contributed by atoms with Crippen LogP contribution < -0.4 is 5.73 Å². The summed E-state index contributed by atoms with van der Waals surface area (Å²) in [7, 11) is 0. The lowest BCUT2D eigenvalue weighted by atomic mass is 9.82. The number of nitrogens with zero attached hydrogens (tertiary/aromatic N) is 1. The van der Waals surface area contributed by atoms with Crippen molar-refractivity contribution in [2.24, 2.45) is 11.1 Å². The zero-order valence-corrected chi connectivity index (χ0v) is 12.5. The van der Waals surface area contributed by atoms with E-state index in [2.05, 4.69) is 0 Å². The van der Waals surface area contributed by atoms with Crippen LogP contribution in [0.2, 0.25) is 5.02 Å². The number of hydrogen-bond donors (Lipinski definition) is 2. The highest BCUT2D eigenvalue weighted by molar-refractivity contribution is 6.32. The Balaban J connectivity index is 0.00000324. The second-order valence-corrected chi connectivity index (χ2v) is 5.71. The minimum Gasteiger partial charge on any atom is -0.391 e. The van der Waals surface area contributed by atoms with Gasteiger partial charge in [0.15, 0.2) is 0 Å². The second-order valence-electron chi connectivity index (χ2n) is 5.30. The largest absolute Gasteiger partial charge is 0.391 e. The topological polar surface area (TPSA) is 89.4 Å². The minimum absolute atomic E-state index is 0. The van der Waals surface area contributed by atoms with E-state index < -0.39 is 22.5 Å². The van der Waals surface area contributed by atoms with Crippen LogP contribution in [0.25, 0.3) is 0 Å². The Hall–Kier alpha value is -0.880. The third-order valence-electron chi connectivity index (χ3n) is 2.78. The van der Waals surface area contributed by atoms with Crippen LogP contribution in [0.15, 0.2) is 18.2 Å². The van der Waals surface area contributed by atoms with Crippen LogP contribution in [0.5, 0.6) is 0 Å². The summed E-state index contributed by atoms with van der Waals surface area (Å²) in [6.45, 7) is 5.55. The van der Waals surface area contributed by atoms with Crippen LogP contribution in [-0.4, -0.2) is 16.1 Å². The molecule has 0 saturated heterocycles. The molecule has 0 bridgehead atoms. The number of halogens is 2. The number of hydrogen-bond acceptors (Lipinski definition) is 4. The van der Waals surface area contributed by atoms with Crippen molar-refractivity contribution in [3.63, 3.8) is 0 Å². The van der Waals surface area contributed by atoms with Crippen molar-refractivity contribution >= 4 is 29.7 Å². The van der Waals surface area contributed by atoms with Crippen LogP contribution >= 0.6 is 24.0 Å². The first kappa shape index (κ1) is 18.1. The normalized spacial score (nSPS) is 14.4. The van der Waals surface area contributed by atoms with Crippen molar-refractivity contribution in [3.8, 4) is 0 Å². The molecular formula is C12H18Cl2N2O3. The molecular weight excluding hydrogens is 291 g/mol. The summed E-state index contributed by atoms with van der Waals surface area (Å²) in [4.78, 5) is 10.2. The summed E-state index contributed by atoms with van der Waals surface area (Å²) >= 11 is 5.72. The van der Waals surface area contributed by atoms with Gasteiger partial charge in [0.25, 0.3) is 5.69 Å². The van der Waals surface area contributed by atoms with Crippen molar-refractivity contribution in [1.29, 1.82) is 0 Å². The number of nitro benzene ring substituents is 1. The van der Waals surface area contributed by atoms with Gasteiger partial charge in [0, 0.05) is 6.07 Å². The molecule has 0 radical (unpaired) electrons. The van der Waals surface area contributed by atoms with E-state index in [9.17, 15) is 15.2 Å². The van der Waals surface area contributed by atoms with Gasteiger partial charge < -0.3 is 10.8 Å². The van der Waals surface area contributed by atoms with Crippen LogP contribution in [0.1, 0.15) is 32.4 Å². The maximum Gasteiger partial charge on any atom is 0.288 e. The highest BCUT2D eigenvalue weighted by atomic mass is 35.5. The molecule has 0 fully saturated rings. The summed E-state index contributed by atoms with van der Waals surface area (Å²) in [5.74, 6) is 0. The van der Waals surface area contributed by atoms with Gasteiger partial charge >= 0.3 is 0 Å². The predicted octanol–water partition coefficient (Wildman–Crippen LogP) is 3.08. The molecule has 1 aromatic carbocycles. The number of rotatable bonds is 3. The van der Waals surface area contributed by atoms with E-state index in [0.717, 1.165) is 0 Å². The first-order chi connectivity index (χ1) is 8.14. The Morgan fingerprint density at radius 3 is 2.37 bits per heavy atom. The summed E-state index contributed by atoms with van der Waals surface area (Å²) in [5.41, 5.74) is 5.81. The maximum absolute atomic E-state index is 10.8. The van der Waals surface area contributed by atoms with Gasteiger partial charge in [0.05, 0.1) is 17.1 Å². The molecule has 3 N–H and O–H groups in total. The van der Waals surface area contributed by atoms with E-state index in [4.69, 9.17) is 17.3 Å². The van der Waals surface area contributed by atoms with Crippen molar-refractivity contribution in [2.75, 3.05) is 0 Å².